The summed E-state index contributed by atoms with van der Waals surface area (Å²) in [5.74, 6) is -0.481. The van der Waals surface area contributed by atoms with E-state index in [0.717, 1.165) is 18.4 Å². The molecule has 0 aliphatic carbocycles. The molecule has 0 aliphatic rings. The fourth-order valence-electron chi connectivity index (χ4n) is 1.18. The highest BCUT2D eigenvalue weighted by atomic mass is 19.1. The van der Waals surface area contributed by atoms with E-state index in [1.165, 1.54) is 6.07 Å². The zero-order valence-electron chi connectivity index (χ0n) is 6.95. The first kappa shape index (κ1) is 8.45. The lowest BCUT2D eigenvalue weighted by molar-refractivity contribution is 0.586. The molecule has 68 valence electrons. The molecule has 0 saturated heterocycles. The van der Waals surface area contributed by atoms with Gasteiger partial charge in [-0.2, -0.15) is 5.26 Å². The van der Waals surface area contributed by atoms with Crippen LogP contribution < -0.4 is 5.43 Å². The number of hydrogen-bond donors (Lipinski definition) is 0. The molecule has 0 fully saturated rings. The smallest absolute Gasteiger partial charge is 0.210 e. The van der Waals surface area contributed by atoms with Crippen LogP contribution in [0.1, 0.15) is 5.56 Å². The van der Waals surface area contributed by atoms with Gasteiger partial charge in [0, 0.05) is 6.07 Å². The standard InChI is InChI=1S/C10H4FNO2/c11-7-1-2-8-9(3-7)14-5-6(4-12)10(8)13/h1-3,5H. The van der Waals surface area contributed by atoms with Crippen LogP contribution in [0.2, 0.25) is 0 Å². The Kier molecular flexibility index (Phi) is 1.79. The van der Waals surface area contributed by atoms with E-state index >= 15 is 0 Å². The Morgan fingerprint density at radius 2 is 2.21 bits per heavy atom. The van der Waals surface area contributed by atoms with Crippen molar-refractivity contribution < 1.29 is 8.81 Å². The Balaban J connectivity index is 2.93. The third-order valence-electron chi connectivity index (χ3n) is 1.86. The van der Waals surface area contributed by atoms with Crippen LogP contribution in [0.3, 0.4) is 0 Å². The fourth-order valence-corrected chi connectivity index (χ4v) is 1.18. The van der Waals surface area contributed by atoms with E-state index in [9.17, 15) is 9.18 Å². The molecule has 2 aromatic rings. The lowest BCUT2D eigenvalue weighted by atomic mass is 10.2. The Morgan fingerprint density at radius 1 is 1.43 bits per heavy atom. The van der Waals surface area contributed by atoms with Crippen LogP contribution in [0.4, 0.5) is 4.39 Å². The molecular weight excluding hydrogens is 185 g/mol. The van der Waals surface area contributed by atoms with Crippen molar-refractivity contribution in [2.45, 2.75) is 0 Å². The number of nitriles is 1. The summed E-state index contributed by atoms with van der Waals surface area (Å²) < 4.78 is 17.7. The summed E-state index contributed by atoms with van der Waals surface area (Å²) in [7, 11) is 0. The molecule has 0 amide bonds. The summed E-state index contributed by atoms with van der Waals surface area (Å²) in [6, 6.07) is 5.27. The zero-order valence-corrected chi connectivity index (χ0v) is 6.95. The molecule has 0 spiro atoms. The summed E-state index contributed by atoms with van der Waals surface area (Å²) in [4.78, 5) is 11.5. The molecule has 0 aliphatic heterocycles. The van der Waals surface area contributed by atoms with E-state index in [-0.39, 0.29) is 16.5 Å². The quantitative estimate of drug-likeness (QED) is 0.634. The molecule has 2 rings (SSSR count). The minimum Gasteiger partial charge on any atom is -0.463 e. The summed E-state index contributed by atoms with van der Waals surface area (Å²) in [5.41, 5.74) is -0.369. The van der Waals surface area contributed by atoms with Gasteiger partial charge in [-0.25, -0.2) is 4.39 Å². The van der Waals surface area contributed by atoms with Crippen LogP contribution in [0.15, 0.2) is 33.7 Å². The summed E-state index contributed by atoms with van der Waals surface area (Å²) in [6.45, 7) is 0. The average Bonchev–Trinajstić information content (AvgIpc) is 2.18. The second-order valence-electron chi connectivity index (χ2n) is 2.73. The Hall–Kier alpha value is -2.15. The molecule has 4 heteroatoms. The molecule has 0 atom stereocenters. The van der Waals surface area contributed by atoms with Gasteiger partial charge in [0.15, 0.2) is 0 Å². The highest BCUT2D eigenvalue weighted by Gasteiger charge is 2.06. The zero-order chi connectivity index (χ0) is 10.1. The number of halogens is 1. The van der Waals surface area contributed by atoms with Gasteiger partial charge < -0.3 is 4.42 Å². The van der Waals surface area contributed by atoms with Crippen LogP contribution in [0, 0.1) is 17.1 Å². The maximum Gasteiger partial charge on any atom is 0.210 e. The first-order valence-electron chi connectivity index (χ1n) is 3.83. The fraction of sp³-hybridized carbons (Fsp3) is 0. The highest BCUT2D eigenvalue weighted by Crippen LogP contribution is 2.12. The van der Waals surface area contributed by atoms with Crippen molar-refractivity contribution in [3.63, 3.8) is 0 Å². The predicted molar refractivity (Wildman–Crippen MR) is 47.2 cm³/mol. The SMILES string of the molecule is N#Cc1coc2cc(F)ccc2c1=O. The van der Waals surface area contributed by atoms with Gasteiger partial charge in [-0.15, -0.1) is 0 Å². The van der Waals surface area contributed by atoms with E-state index in [2.05, 4.69) is 0 Å². The molecule has 3 nitrogen and oxygen atoms in total. The summed E-state index contributed by atoms with van der Waals surface area (Å²) >= 11 is 0. The minimum absolute atomic E-state index is 0.0795. The van der Waals surface area contributed by atoms with Crippen LogP contribution in [0.25, 0.3) is 11.0 Å². The Bertz CT molecular complexity index is 595. The van der Waals surface area contributed by atoms with Gasteiger partial charge in [-0.05, 0) is 12.1 Å². The maximum absolute atomic E-state index is 12.7. The van der Waals surface area contributed by atoms with Crippen molar-refractivity contribution in [3.8, 4) is 6.07 Å². The van der Waals surface area contributed by atoms with Gasteiger partial charge >= 0.3 is 0 Å². The molecule has 1 aromatic carbocycles. The largest absolute Gasteiger partial charge is 0.463 e. The van der Waals surface area contributed by atoms with Crippen molar-refractivity contribution in [3.05, 3.63) is 46.1 Å². The van der Waals surface area contributed by atoms with Gasteiger partial charge in [0.1, 0.15) is 29.3 Å². The average molecular weight is 189 g/mol. The lowest BCUT2D eigenvalue weighted by Gasteiger charge is -1.95. The molecule has 0 radical (unpaired) electrons. The van der Waals surface area contributed by atoms with E-state index in [1.54, 1.807) is 6.07 Å². The van der Waals surface area contributed by atoms with Gasteiger partial charge in [-0.1, -0.05) is 0 Å². The van der Waals surface area contributed by atoms with E-state index in [4.69, 9.17) is 9.68 Å². The van der Waals surface area contributed by atoms with Crippen LogP contribution in [0.5, 0.6) is 0 Å². The van der Waals surface area contributed by atoms with E-state index in [0.29, 0.717) is 0 Å². The third-order valence-corrected chi connectivity index (χ3v) is 1.86. The summed E-state index contributed by atoms with van der Waals surface area (Å²) in [5, 5.41) is 8.76. The second-order valence-corrected chi connectivity index (χ2v) is 2.73. The van der Waals surface area contributed by atoms with Crippen molar-refractivity contribution in [2.75, 3.05) is 0 Å². The molecule has 14 heavy (non-hydrogen) atoms. The summed E-state index contributed by atoms with van der Waals surface area (Å²) in [6.07, 6.45) is 1.03. The Morgan fingerprint density at radius 3 is 2.93 bits per heavy atom. The first-order chi connectivity index (χ1) is 6.72. The minimum atomic E-state index is -0.481. The molecule has 0 bridgehead atoms. The van der Waals surface area contributed by atoms with Crippen molar-refractivity contribution in [1.82, 2.24) is 0 Å². The number of benzene rings is 1. The van der Waals surface area contributed by atoms with Crippen LogP contribution >= 0.6 is 0 Å². The third kappa shape index (κ3) is 1.15. The molecule has 0 N–H and O–H groups in total. The molecule has 0 saturated carbocycles. The number of rotatable bonds is 0. The number of nitrogens with zero attached hydrogens (tertiary/aromatic N) is 1. The topological polar surface area (TPSA) is 54.0 Å². The van der Waals surface area contributed by atoms with Gasteiger partial charge in [0.05, 0.1) is 5.39 Å². The van der Waals surface area contributed by atoms with Crippen molar-refractivity contribution in [2.24, 2.45) is 0 Å². The van der Waals surface area contributed by atoms with Gasteiger partial charge in [0.2, 0.25) is 5.43 Å². The van der Waals surface area contributed by atoms with Gasteiger partial charge in [-0.3, -0.25) is 4.79 Å². The van der Waals surface area contributed by atoms with Crippen LogP contribution in [-0.2, 0) is 0 Å². The molecular formula is C10H4FNO2. The van der Waals surface area contributed by atoms with E-state index < -0.39 is 11.2 Å². The number of hydrogen-bond acceptors (Lipinski definition) is 3. The monoisotopic (exact) mass is 189 g/mol. The molecule has 0 unspecified atom stereocenters. The van der Waals surface area contributed by atoms with Crippen molar-refractivity contribution in [1.29, 1.82) is 5.26 Å². The highest BCUT2D eigenvalue weighted by molar-refractivity contribution is 5.77. The Labute approximate surface area is 78.0 Å². The normalized spacial score (nSPS) is 10.0. The predicted octanol–water partition coefficient (Wildman–Crippen LogP) is 1.80. The second kappa shape index (κ2) is 2.96. The van der Waals surface area contributed by atoms with E-state index in [1.807, 2.05) is 0 Å². The molecule has 1 aromatic heterocycles. The van der Waals surface area contributed by atoms with Crippen LogP contribution in [-0.4, -0.2) is 0 Å². The van der Waals surface area contributed by atoms with Gasteiger partial charge in [0.25, 0.3) is 0 Å². The molecule has 1 heterocycles. The maximum atomic E-state index is 12.7. The number of fused-ring (bicyclic) bond motifs is 1. The van der Waals surface area contributed by atoms with Crippen molar-refractivity contribution >= 4 is 11.0 Å². The first-order valence-corrected chi connectivity index (χ1v) is 3.83. The lowest BCUT2D eigenvalue weighted by Crippen LogP contribution is -2.05.